The Morgan fingerprint density at radius 2 is 1.56 bits per heavy atom. The highest BCUT2D eigenvalue weighted by atomic mass is 16.5. The number of benzene rings is 1. The molecule has 1 aromatic heterocycles. The molecule has 1 amide bonds. The molecule has 0 aliphatic carbocycles. The molecule has 2 aromatic rings. The van der Waals surface area contributed by atoms with E-state index in [4.69, 9.17) is 9.47 Å². The molecule has 1 saturated heterocycles. The molecule has 0 saturated carbocycles. The lowest BCUT2D eigenvalue weighted by Crippen LogP contribution is -2.48. The van der Waals surface area contributed by atoms with E-state index in [0.717, 1.165) is 24.3 Å². The Morgan fingerprint density at radius 3 is 2.08 bits per heavy atom. The second-order valence-electron chi connectivity index (χ2n) is 5.99. The third-order valence-electron chi connectivity index (χ3n) is 4.59. The van der Waals surface area contributed by atoms with Crippen LogP contribution < -0.4 is 14.4 Å². The van der Waals surface area contributed by atoms with Crippen LogP contribution in [-0.2, 0) is 0 Å². The number of nitrogens with zero attached hydrogens (tertiary/aromatic N) is 3. The van der Waals surface area contributed by atoms with Crippen LogP contribution in [0.2, 0.25) is 0 Å². The van der Waals surface area contributed by atoms with Gasteiger partial charge in [0.15, 0.2) is 0 Å². The number of aromatic nitrogens is 1. The summed E-state index contributed by atoms with van der Waals surface area (Å²) in [5.41, 5.74) is 2.63. The second kappa shape index (κ2) is 7.42. The predicted octanol–water partition coefficient (Wildman–Crippen LogP) is 2.37. The van der Waals surface area contributed by atoms with E-state index in [9.17, 15) is 4.79 Å². The molecule has 1 aromatic carbocycles. The van der Waals surface area contributed by atoms with Gasteiger partial charge in [0.2, 0.25) is 0 Å². The largest absolute Gasteiger partial charge is 0.496 e. The number of anilines is 1. The van der Waals surface area contributed by atoms with E-state index in [-0.39, 0.29) is 5.91 Å². The Morgan fingerprint density at radius 1 is 1.00 bits per heavy atom. The van der Waals surface area contributed by atoms with Crippen molar-refractivity contribution in [3.63, 3.8) is 0 Å². The number of piperazine rings is 1. The molecule has 6 heteroatoms. The maximum Gasteiger partial charge on any atom is 0.254 e. The first kappa shape index (κ1) is 17.1. The van der Waals surface area contributed by atoms with Gasteiger partial charge in [-0.15, -0.1) is 0 Å². The minimum atomic E-state index is 0.00554. The van der Waals surface area contributed by atoms with E-state index >= 15 is 0 Å². The molecule has 132 valence electrons. The molecule has 0 N–H and O–H groups in total. The van der Waals surface area contributed by atoms with Crippen molar-refractivity contribution in [3.8, 4) is 11.5 Å². The van der Waals surface area contributed by atoms with Gasteiger partial charge in [-0.05, 0) is 31.2 Å². The first-order valence-corrected chi connectivity index (χ1v) is 8.31. The lowest BCUT2D eigenvalue weighted by atomic mass is 10.1. The average molecular weight is 341 g/mol. The van der Waals surface area contributed by atoms with Gasteiger partial charge in [-0.25, -0.2) is 0 Å². The van der Waals surface area contributed by atoms with Crippen molar-refractivity contribution in [2.24, 2.45) is 0 Å². The van der Waals surface area contributed by atoms with Gasteiger partial charge < -0.3 is 19.3 Å². The Balaban J connectivity index is 1.72. The predicted molar refractivity (Wildman–Crippen MR) is 96.6 cm³/mol. The molecule has 25 heavy (non-hydrogen) atoms. The van der Waals surface area contributed by atoms with Crippen LogP contribution in [-0.4, -0.2) is 56.2 Å². The van der Waals surface area contributed by atoms with Crippen LogP contribution in [0.4, 0.5) is 5.69 Å². The molecular weight excluding hydrogens is 318 g/mol. The summed E-state index contributed by atoms with van der Waals surface area (Å²) in [5, 5.41) is 0. The Kier molecular flexibility index (Phi) is 5.07. The van der Waals surface area contributed by atoms with E-state index in [2.05, 4.69) is 9.88 Å². The van der Waals surface area contributed by atoms with Crippen LogP contribution in [0.25, 0.3) is 0 Å². The highest BCUT2D eigenvalue weighted by Crippen LogP contribution is 2.30. The number of hydrogen-bond donors (Lipinski definition) is 0. The highest BCUT2D eigenvalue weighted by molar-refractivity contribution is 5.95. The summed E-state index contributed by atoms with van der Waals surface area (Å²) in [4.78, 5) is 21.1. The summed E-state index contributed by atoms with van der Waals surface area (Å²) in [6, 6.07) is 7.56. The van der Waals surface area contributed by atoms with Crippen LogP contribution in [0.3, 0.4) is 0 Å². The van der Waals surface area contributed by atoms with Gasteiger partial charge in [-0.2, -0.15) is 0 Å². The lowest BCUT2D eigenvalue weighted by Gasteiger charge is -2.36. The number of carbonyl (C=O) groups is 1. The monoisotopic (exact) mass is 341 g/mol. The molecular formula is C19H23N3O3. The number of amides is 1. The topological polar surface area (TPSA) is 54.9 Å². The maximum absolute atomic E-state index is 12.9. The molecule has 0 spiro atoms. The SMILES string of the molecule is COc1cc(C(=O)N2CCN(c3ccncc3)CC2)cc(OC)c1C. The van der Waals surface area contributed by atoms with Crippen LogP contribution in [0.15, 0.2) is 36.7 Å². The van der Waals surface area contributed by atoms with Crippen LogP contribution in [0, 0.1) is 6.92 Å². The van der Waals surface area contributed by atoms with E-state index in [1.807, 2.05) is 24.0 Å². The summed E-state index contributed by atoms with van der Waals surface area (Å²) in [5.74, 6) is 1.34. The molecule has 0 atom stereocenters. The van der Waals surface area contributed by atoms with Crippen LogP contribution >= 0.6 is 0 Å². The van der Waals surface area contributed by atoms with Gasteiger partial charge in [0.05, 0.1) is 14.2 Å². The average Bonchev–Trinajstić information content (AvgIpc) is 2.68. The minimum Gasteiger partial charge on any atom is -0.496 e. The smallest absolute Gasteiger partial charge is 0.254 e. The summed E-state index contributed by atoms with van der Waals surface area (Å²) < 4.78 is 10.8. The second-order valence-corrected chi connectivity index (χ2v) is 5.99. The molecule has 0 bridgehead atoms. The number of ether oxygens (including phenoxy) is 2. The Labute approximate surface area is 148 Å². The molecule has 3 rings (SSSR count). The van der Waals surface area contributed by atoms with Gasteiger partial charge in [-0.3, -0.25) is 9.78 Å². The summed E-state index contributed by atoms with van der Waals surface area (Å²) >= 11 is 0. The van der Waals surface area contributed by atoms with Crippen molar-refractivity contribution in [1.82, 2.24) is 9.88 Å². The maximum atomic E-state index is 12.9. The normalized spacial score (nSPS) is 14.4. The van der Waals surface area contributed by atoms with Crippen molar-refractivity contribution in [2.75, 3.05) is 45.3 Å². The van der Waals surface area contributed by atoms with Crippen molar-refractivity contribution in [2.45, 2.75) is 6.92 Å². The molecule has 0 radical (unpaired) electrons. The highest BCUT2D eigenvalue weighted by Gasteiger charge is 2.24. The van der Waals surface area contributed by atoms with Gasteiger partial charge in [-0.1, -0.05) is 0 Å². The summed E-state index contributed by atoms with van der Waals surface area (Å²) in [6.07, 6.45) is 3.58. The minimum absolute atomic E-state index is 0.00554. The standard InChI is InChI=1S/C19H23N3O3/c1-14-17(24-2)12-15(13-18(14)25-3)19(23)22-10-8-21(9-11-22)16-4-6-20-7-5-16/h4-7,12-13H,8-11H2,1-3H3. The van der Waals surface area contributed by atoms with Crippen LogP contribution in [0.1, 0.15) is 15.9 Å². The molecule has 2 heterocycles. The molecule has 1 fully saturated rings. The number of rotatable bonds is 4. The van der Waals surface area contributed by atoms with E-state index in [0.29, 0.717) is 30.2 Å². The van der Waals surface area contributed by atoms with E-state index in [1.54, 1.807) is 38.7 Å². The van der Waals surface area contributed by atoms with Crippen molar-refractivity contribution < 1.29 is 14.3 Å². The summed E-state index contributed by atoms with van der Waals surface area (Å²) in [6.45, 7) is 4.88. The van der Waals surface area contributed by atoms with E-state index in [1.165, 1.54) is 0 Å². The zero-order valence-electron chi connectivity index (χ0n) is 14.9. The Bertz CT molecular complexity index is 716. The Hall–Kier alpha value is -2.76. The zero-order chi connectivity index (χ0) is 17.8. The van der Waals surface area contributed by atoms with Crippen LogP contribution in [0.5, 0.6) is 11.5 Å². The molecule has 0 unspecified atom stereocenters. The third-order valence-corrected chi connectivity index (χ3v) is 4.59. The van der Waals surface area contributed by atoms with Crippen molar-refractivity contribution in [3.05, 3.63) is 47.8 Å². The summed E-state index contributed by atoms with van der Waals surface area (Å²) in [7, 11) is 3.20. The molecule has 1 aliphatic heterocycles. The van der Waals surface area contributed by atoms with Gasteiger partial charge in [0.25, 0.3) is 5.91 Å². The van der Waals surface area contributed by atoms with Crippen molar-refractivity contribution in [1.29, 1.82) is 0 Å². The van der Waals surface area contributed by atoms with Gasteiger partial charge in [0, 0.05) is 55.4 Å². The number of methoxy groups -OCH3 is 2. The van der Waals surface area contributed by atoms with Gasteiger partial charge in [0.1, 0.15) is 11.5 Å². The van der Waals surface area contributed by atoms with E-state index < -0.39 is 0 Å². The first-order valence-electron chi connectivity index (χ1n) is 8.31. The quantitative estimate of drug-likeness (QED) is 0.855. The van der Waals surface area contributed by atoms with Crippen molar-refractivity contribution >= 4 is 11.6 Å². The fraction of sp³-hybridized carbons (Fsp3) is 0.368. The third kappa shape index (κ3) is 3.52. The lowest BCUT2D eigenvalue weighted by molar-refractivity contribution is 0.0746. The first-order chi connectivity index (χ1) is 12.1. The van der Waals surface area contributed by atoms with Gasteiger partial charge >= 0.3 is 0 Å². The molecule has 1 aliphatic rings. The number of carbonyl (C=O) groups excluding carboxylic acids is 1. The zero-order valence-corrected chi connectivity index (χ0v) is 14.9. The molecule has 6 nitrogen and oxygen atoms in total. The number of pyridine rings is 1. The fourth-order valence-corrected chi connectivity index (χ4v) is 3.11. The fourth-order valence-electron chi connectivity index (χ4n) is 3.11. The number of hydrogen-bond acceptors (Lipinski definition) is 5.